The number of aromatic nitrogens is 1. The van der Waals surface area contributed by atoms with Gasteiger partial charge in [-0.05, 0) is 94.7 Å². The first kappa shape index (κ1) is 24.9. The van der Waals surface area contributed by atoms with E-state index < -0.39 is 11.7 Å². The molecule has 7 heteroatoms. The smallest absolute Gasteiger partial charge is 0.411 e. The van der Waals surface area contributed by atoms with Crippen LogP contribution in [-0.4, -0.2) is 45.6 Å². The van der Waals surface area contributed by atoms with Gasteiger partial charge in [-0.25, -0.2) is 4.79 Å². The second-order valence-electron chi connectivity index (χ2n) is 10.6. The van der Waals surface area contributed by atoms with Crippen molar-refractivity contribution in [3.8, 4) is 11.1 Å². The maximum Gasteiger partial charge on any atom is 0.411 e. The monoisotopic (exact) mass is 476 g/mol. The van der Waals surface area contributed by atoms with Crippen molar-refractivity contribution in [3.63, 3.8) is 0 Å². The normalized spacial score (nSPS) is 21.5. The first-order chi connectivity index (χ1) is 16.6. The number of alkyl carbamates (subject to hydrolysis) is 1. The average Bonchev–Trinajstić information content (AvgIpc) is 3.64. The SMILES string of the molecule is Cc1ccncc1-c1ccc(C(=O)N(C2CC2)C2CCC(N)/C(=C\NC(=O)OC(C)(C)C)C2)cc1. The predicted molar refractivity (Wildman–Crippen MR) is 137 cm³/mol. The third-order valence-electron chi connectivity index (χ3n) is 6.58. The van der Waals surface area contributed by atoms with Crippen molar-refractivity contribution in [1.82, 2.24) is 15.2 Å². The minimum Gasteiger partial charge on any atom is -0.444 e. The summed E-state index contributed by atoms with van der Waals surface area (Å²) in [4.78, 5) is 32.0. The Bertz CT molecular complexity index is 1100. The van der Waals surface area contributed by atoms with Gasteiger partial charge in [-0.1, -0.05) is 12.1 Å². The summed E-state index contributed by atoms with van der Waals surface area (Å²) in [6.07, 6.45) is 9.12. The number of ether oxygens (including phenoxy) is 1. The summed E-state index contributed by atoms with van der Waals surface area (Å²) < 4.78 is 5.33. The maximum absolute atomic E-state index is 13.6. The number of hydrogen-bond donors (Lipinski definition) is 2. The van der Waals surface area contributed by atoms with E-state index in [4.69, 9.17) is 10.5 Å². The number of amides is 2. The van der Waals surface area contributed by atoms with E-state index in [-0.39, 0.29) is 24.0 Å². The molecule has 4 rings (SSSR count). The topological polar surface area (TPSA) is 97.5 Å². The number of nitrogens with one attached hydrogen (secondary N) is 1. The Morgan fingerprint density at radius 1 is 1.09 bits per heavy atom. The lowest BCUT2D eigenvalue weighted by Gasteiger charge is -2.38. The number of hydrogen-bond acceptors (Lipinski definition) is 5. The van der Waals surface area contributed by atoms with Crippen molar-refractivity contribution < 1.29 is 14.3 Å². The zero-order chi connectivity index (χ0) is 25.2. The molecule has 7 nitrogen and oxygen atoms in total. The molecule has 0 saturated heterocycles. The largest absolute Gasteiger partial charge is 0.444 e. The molecule has 0 aliphatic heterocycles. The molecular weight excluding hydrogens is 440 g/mol. The molecule has 0 bridgehead atoms. The summed E-state index contributed by atoms with van der Waals surface area (Å²) in [5.74, 6) is 0.0573. The van der Waals surface area contributed by atoms with E-state index in [1.165, 1.54) is 0 Å². The molecule has 2 aliphatic rings. The van der Waals surface area contributed by atoms with E-state index in [0.717, 1.165) is 47.9 Å². The second kappa shape index (κ2) is 10.2. The van der Waals surface area contributed by atoms with Crippen LogP contribution in [0.2, 0.25) is 0 Å². The molecule has 35 heavy (non-hydrogen) atoms. The second-order valence-corrected chi connectivity index (χ2v) is 10.6. The number of rotatable bonds is 5. The highest BCUT2D eigenvalue weighted by atomic mass is 16.6. The highest BCUT2D eigenvalue weighted by Crippen LogP contribution is 2.36. The van der Waals surface area contributed by atoms with Gasteiger partial charge in [-0.3, -0.25) is 15.1 Å². The molecule has 2 amide bonds. The number of benzene rings is 1. The van der Waals surface area contributed by atoms with Crippen LogP contribution in [0, 0.1) is 6.92 Å². The molecule has 1 heterocycles. The Kier molecular flexibility index (Phi) is 7.26. The molecule has 2 unspecified atom stereocenters. The minimum atomic E-state index is -0.569. The molecule has 186 valence electrons. The predicted octanol–water partition coefficient (Wildman–Crippen LogP) is 4.95. The standard InChI is InChI=1S/C28H36N4O3/c1-18-13-14-30-17-24(18)19-5-7-20(8-6-19)26(33)32(22-9-10-22)23-11-12-25(29)21(15-23)16-31-27(34)35-28(2,3)4/h5-8,13-14,16-17,22-23,25H,9-12,15,29H2,1-4H3,(H,31,34)/b21-16-. The van der Waals surface area contributed by atoms with Gasteiger partial charge in [0, 0.05) is 47.8 Å². The minimum absolute atomic E-state index is 0.0572. The highest BCUT2D eigenvalue weighted by Gasteiger charge is 2.40. The van der Waals surface area contributed by atoms with Gasteiger partial charge in [-0.2, -0.15) is 0 Å². The Morgan fingerprint density at radius 2 is 1.77 bits per heavy atom. The van der Waals surface area contributed by atoms with Crippen LogP contribution in [0.3, 0.4) is 0 Å². The van der Waals surface area contributed by atoms with Gasteiger partial charge in [0.1, 0.15) is 5.60 Å². The number of pyridine rings is 1. The van der Waals surface area contributed by atoms with E-state index in [2.05, 4.69) is 22.1 Å². The highest BCUT2D eigenvalue weighted by molar-refractivity contribution is 5.95. The van der Waals surface area contributed by atoms with Crippen LogP contribution in [0.4, 0.5) is 4.79 Å². The summed E-state index contributed by atoms with van der Waals surface area (Å²) >= 11 is 0. The van der Waals surface area contributed by atoms with Gasteiger partial charge in [0.25, 0.3) is 5.91 Å². The van der Waals surface area contributed by atoms with Crippen LogP contribution in [0.25, 0.3) is 11.1 Å². The lowest BCUT2D eigenvalue weighted by molar-refractivity contribution is 0.0547. The van der Waals surface area contributed by atoms with Crippen molar-refractivity contribution in [2.45, 2.75) is 83.5 Å². The zero-order valence-corrected chi connectivity index (χ0v) is 21.1. The maximum atomic E-state index is 13.6. The Balaban J connectivity index is 1.48. The van der Waals surface area contributed by atoms with Crippen molar-refractivity contribution in [1.29, 1.82) is 0 Å². The summed E-state index contributed by atoms with van der Waals surface area (Å²) in [6.45, 7) is 7.53. The average molecular weight is 477 g/mol. The van der Waals surface area contributed by atoms with Crippen LogP contribution < -0.4 is 11.1 Å². The number of carbonyl (C=O) groups excluding carboxylic acids is 2. The molecule has 3 N–H and O–H groups in total. The third kappa shape index (κ3) is 6.28. The van der Waals surface area contributed by atoms with Crippen molar-refractivity contribution in [3.05, 3.63) is 65.6 Å². The fourth-order valence-corrected chi connectivity index (χ4v) is 4.64. The van der Waals surface area contributed by atoms with Crippen LogP contribution in [-0.2, 0) is 4.74 Å². The molecule has 0 radical (unpaired) electrons. The lowest BCUT2D eigenvalue weighted by atomic mass is 9.86. The molecule has 2 aliphatic carbocycles. The van der Waals surface area contributed by atoms with Crippen LogP contribution in [0.5, 0.6) is 0 Å². The summed E-state index contributed by atoms with van der Waals surface area (Å²) in [5.41, 5.74) is 10.7. The van der Waals surface area contributed by atoms with Crippen LogP contribution in [0.15, 0.2) is 54.5 Å². The fraction of sp³-hybridized carbons (Fsp3) is 0.464. The molecule has 1 aromatic heterocycles. The molecular formula is C28H36N4O3. The molecule has 2 saturated carbocycles. The van der Waals surface area contributed by atoms with E-state index in [9.17, 15) is 9.59 Å². The van der Waals surface area contributed by atoms with Gasteiger partial charge >= 0.3 is 6.09 Å². The first-order valence-corrected chi connectivity index (χ1v) is 12.4. The first-order valence-electron chi connectivity index (χ1n) is 12.4. The number of nitrogens with zero attached hydrogens (tertiary/aromatic N) is 2. The summed E-state index contributed by atoms with van der Waals surface area (Å²) in [7, 11) is 0. The van der Waals surface area contributed by atoms with Crippen molar-refractivity contribution in [2.75, 3.05) is 0 Å². The van der Waals surface area contributed by atoms with E-state index in [1.54, 1.807) is 12.4 Å². The van der Waals surface area contributed by atoms with Crippen LogP contribution >= 0.6 is 0 Å². The molecule has 1 aromatic carbocycles. The van der Waals surface area contributed by atoms with Crippen molar-refractivity contribution in [2.24, 2.45) is 5.73 Å². The number of carbonyl (C=O) groups is 2. The Morgan fingerprint density at radius 3 is 2.40 bits per heavy atom. The van der Waals surface area contributed by atoms with Gasteiger partial charge in [-0.15, -0.1) is 0 Å². The number of aryl methyl sites for hydroxylation is 1. The molecule has 0 spiro atoms. The Labute approximate surface area is 207 Å². The molecule has 2 aromatic rings. The van der Waals surface area contributed by atoms with E-state index in [1.807, 2.05) is 57.3 Å². The third-order valence-corrected chi connectivity index (χ3v) is 6.58. The lowest BCUT2D eigenvalue weighted by Crippen LogP contribution is -2.46. The number of nitrogens with two attached hydrogens (primary N) is 1. The van der Waals surface area contributed by atoms with Gasteiger partial charge in [0.2, 0.25) is 0 Å². The molecule has 2 atom stereocenters. The summed E-state index contributed by atoms with van der Waals surface area (Å²) in [5, 5.41) is 2.72. The van der Waals surface area contributed by atoms with E-state index in [0.29, 0.717) is 12.0 Å². The Hall–Kier alpha value is -3.19. The fourth-order valence-electron chi connectivity index (χ4n) is 4.64. The van der Waals surface area contributed by atoms with E-state index >= 15 is 0 Å². The quantitative estimate of drug-likeness (QED) is 0.636. The molecule has 2 fully saturated rings. The van der Waals surface area contributed by atoms with Crippen LogP contribution in [0.1, 0.15) is 68.8 Å². The zero-order valence-electron chi connectivity index (χ0n) is 21.1. The van der Waals surface area contributed by atoms with Gasteiger partial charge in [0.15, 0.2) is 0 Å². The van der Waals surface area contributed by atoms with Gasteiger partial charge < -0.3 is 15.4 Å². The van der Waals surface area contributed by atoms with Gasteiger partial charge in [0.05, 0.1) is 0 Å². The summed E-state index contributed by atoms with van der Waals surface area (Å²) in [6, 6.07) is 9.98. The van der Waals surface area contributed by atoms with Crippen molar-refractivity contribution >= 4 is 12.0 Å².